The van der Waals surface area contributed by atoms with Crippen molar-refractivity contribution < 1.29 is 4.79 Å². The Bertz CT molecular complexity index is 676. The molecule has 0 bridgehead atoms. The molecule has 21 heavy (non-hydrogen) atoms. The number of pyridine rings is 2. The van der Waals surface area contributed by atoms with E-state index in [0.717, 1.165) is 14.5 Å². The minimum Gasteiger partial charge on any atom is -0.370 e. The number of rotatable bonds is 4. The third-order valence-corrected chi connectivity index (χ3v) is 4.00. The van der Waals surface area contributed by atoms with Gasteiger partial charge >= 0.3 is 0 Å². The van der Waals surface area contributed by atoms with Gasteiger partial charge in [0.25, 0.3) is 5.91 Å². The second-order valence-corrected chi connectivity index (χ2v) is 6.12. The van der Waals surface area contributed by atoms with Crippen LogP contribution in [0.5, 0.6) is 0 Å². The molecule has 0 aliphatic heterocycles. The maximum atomic E-state index is 12.4. The molecule has 0 aliphatic carbocycles. The fourth-order valence-corrected chi connectivity index (χ4v) is 2.26. The summed E-state index contributed by atoms with van der Waals surface area (Å²) in [6.45, 7) is 4.57. The minimum atomic E-state index is -0.256. The summed E-state index contributed by atoms with van der Waals surface area (Å²) in [7, 11) is 0. The molecule has 0 aliphatic rings. The maximum Gasteiger partial charge on any atom is 0.260 e. The number of nitrogens with one attached hydrogen (secondary N) is 2. The highest BCUT2D eigenvalue weighted by Gasteiger charge is 2.14. The molecule has 2 heterocycles. The molecule has 2 aromatic heterocycles. The Balaban J connectivity index is 2.27. The Labute approximate surface area is 139 Å². The Morgan fingerprint density at radius 3 is 2.67 bits per heavy atom. The smallest absolute Gasteiger partial charge is 0.260 e. The summed E-state index contributed by atoms with van der Waals surface area (Å²) in [6, 6.07) is 3.53. The van der Waals surface area contributed by atoms with Crippen molar-refractivity contribution in [2.45, 2.75) is 13.8 Å². The van der Waals surface area contributed by atoms with Gasteiger partial charge in [0.1, 0.15) is 11.6 Å². The normalized spacial score (nSPS) is 10.3. The summed E-state index contributed by atoms with van der Waals surface area (Å²) < 4.78 is 1.65. The molecule has 110 valence electrons. The van der Waals surface area contributed by atoms with E-state index in [0.29, 0.717) is 23.7 Å². The molecule has 1 amide bonds. The van der Waals surface area contributed by atoms with Gasteiger partial charge in [0.15, 0.2) is 0 Å². The first-order valence-corrected chi connectivity index (χ1v) is 7.92. The standard InChI is InChI=1S/C14H14Br2N4O/c1-3-17-13-10(5-9(15)6-19-13)14(21)20-12-4-8(2)11(16)7-18-12/h4-7H,3H2,1-2H3,(H,17,19)(H,18,20,21). The second-order valence-electron chi connectivity index (χ2n) is 4.35. The van der Waals surface area contributed by atoms with Crippen LogP contribution in [0.1, 0.15) is 22.8 Å². The highest BCUT2D eigenvalue weighted by atomic mass is 79.9. The molecule has 0 saturated carbocycles. The van der Waals surface area contributed by atoms with Crippen LogP contribution in [0, 0.1) is 6.92 Å². The van der Waals surface area contributed by atoms with Gasteiger partial charge in [-0.15, -0.1) is 0 Å². The highest BCUT2D eigenvalue weighted by Crippen LogP contribution is 2.21. The van der Waals surface area contributed by atoms with E-state index in [1.165, 1.54) is 0 Å². The fourth-order valence-electron chi connectivity index (χ4n) is 1.71. The van der Waals surface area contributed by atoms with Crippen LogP contribution in [0.15, 0.2) is 33.5 Å². The van der Waals surface area contributed by atoms with Gasteiger partial charge in [-0.05, 0) is 63.4 Å². The third kappa shape index (κ3) is 4.01. The molecule has 0 atom stereocenters. The lowest BCUT2D eigenvalue weighted by atomic mass is 10.2. The van der Waals surface area contributed by atoms with Crippen molar-refractivity contribution in [2.24, 2.45) is 0 Å². The second kappa shape index (κ2) is 7.00. The zero-order valence-electron chi connectivity index (χ0n) is 11.6. The average molecular weight is 414 g/mol. The Morgan fingerprint density at radius 1 is 1.24 bits per heavy atom. The van der Waals surface area contributed by atoms with Crippen LogP contribution < -0.4 is 10.6 Å². The van der Waals surface area contributed by atoms with Crippen LogP contribution in [-0.4, -0.2) is 22.4 Å². The molecule has 0 fully saturated rings. The zero-order valence-corrected chi connectivity index (χ0v) is 14.7. The topological polar surface area (TPSA) is 66.9 Å². The van der Waals surface area contributed by atoms with Gasteiger partial charge in [-0.25, -0.2) is 9.97 Å². The molecule has 2 aromatic rings. The summed E-state index contributed by atoms with van der Waals surface area (Å²) in [4.78, 5) is 20.8. The van der Waals surface area contributed by atoms with Gasteiger partial charge in [0.05, 0.1) is 5.56 Å². The predicted octanol–water partition coefficient (Wildman–Crippen LogP) is 3.99. The lowest BCUT2D eigenvalue weighted by Crippen LogP contribution is -2.16. The van der Waals surface area contributed by atoms with E-state index in [2.05, 4.69) is 52.5 Å². The first kappa shape index (κ1) is 15.9. The van der Waals surface area contributed by atoms with E-state index < -0.39 is 0 Å². The zero-order chi connectivity index (χ0) is 15.4. The first-order valence-electron chi connectivity index (χ1n) is 6.34. The van der Waals surface area contributed by atoms with Crippen LogP contribution in [0.2, 0.25) is 0 Å². The van der Waals surface area contributed by atoms with Crippen molar-refractivity contribution in [1.29, 1.82) is 0 Å². The van der Waals surface area contributed by atoms with Gasteiger partial charge < -0.3 is 10.6 Å². The van der Waals surface area contributed by atoms with Crippen LogP contribution in [-0.2, 0) is 0 Å². The third-order valence-electron chi connectivity index (χ3n) is 2.73. The summed E-state index contributed by atoms with van der Waals surface area (Å²) in [5, 5.41) is 5.85. The maximum absolute atomic E-state index is 12.4. The molecular weight excluding hydrogens is 400 g/mol. The molecule has 7 heteroatoms. The number of hydrogen-bond acceptors (Lipinski definition) is 4. The largest absolute Gasteiger partial charge is 0.370 e. The fraction of sp³-hybridized carbons (Fsp3) is 0.214. The van der Waals surface area contributed by atoms with Gasteiger partial charge in [0.2, 0.25) is 0 Å². The van der Waals surface area contributed by atoms with Crippen molar-refractivity contribution in [3.8, 4) is 0 Å². The first-order chi connectivity index (χ1) is 10.0. The van der Waals surface area contributed by atoms with Crippen LogP contribution in [0.25, 0.3) is 0 Å². The summed E-state index contributed by atoms with van der Waals surface area (Å²) >= 11 is 6.71. The number of anilines is 2. The van der Waals surface area contributed by atoms with Crippen molar-refractivity contribution in [3.05, 3.63) is 44.6 Å². The monoisotopic (exact) mass is 412 g/mol. The van der Waals surface area contributed by atoms with Crippen molar-refractivity contribution in [2.75, 3.05) is 17.2 Å². The number of aryl methyl sites for hydroxylation is 1. The van der Waals surface area contributed by atoms with Gasteiger partial charge in [0, 0.05) is 27.9 Å². The Morgan fingerprint density at radius 2 is 2.00 bits per heavy atom. The molecule has 0 unspecified atom stereocenters. The molecule has 0 saturated heterocycles. The van der Waals surface area contributed by atoms with Crippen molar-refractivity contribution in [1.82, 2.24) is 9.97 Å². The summed E-state index contributed by atoms with van der Waals surface area (Å²) in [5.41, 5.74) is 1.47. The van der Waals surface area contributed by atoms with Gasteiger partial charge in [-0.2, -0.15) is 0 Å². The van der Waals surface area contributed by atoms with Crippen LogP contribution in [0.3, 0.4) is 0 Å². The quantitative estimate of drug-likeness (QED) is 0.794. The lowest BCUT2D eigenvalue weighted by molar-refractivity contribution is 0.102. The number of carbonyl (C=O) groups excluding carboxylic acids is 1. The van der Waals surface area contributed by atoms with E-state index >= 15 is 0 Å². The SMILES string of the molecule is CCNc1ncc(Br)cc1C(=O)Nc1cc(C)c(Br)cn1. The summed E-state index contributed by atoms with van der Waals surface area (Å²) in [6.07, 6.45) is 3.31. The highest BCUT2D eigenvalue weighted by molar-refractivity contribution is 9.10. The Hall–Kier alpha value is -1.47. The van der Waals surface area contributed by atoms with Crippen molar-refractivity contribution in [3.63, 3.8) is 0 Å². The van der Waals surface area contributed by atoms with Gasteiger partial charge in [-0.3, -0.25) is 4.79 Å². The molecule has 2 rings (SSSR count). The number of hydrogen-bond donors (Lipinski definition) is 2. The lowest BCUT2D eigenvalue weighted by Gasteiger charge is -2.11. The molecule has 0 radical (unpaired) electrons. The number of halogens is 2. The molecule has 0 spiro atoms. The van der Waals surface area contributed by atoms with E-state index in [1.807, 2.05) is 13.8 Å². The number of amides is 1. The number of nitrogens with zero attached hydrogens (tertiary/aromatic N) is 2. The molecule has 5 nitrogen and oxygen atoms in total. The average Bonchev–Trinajstić information content (AvgIpc) is 2.45. The van der Waals surface area contributed by atoms with Crippen molar-refractivity contribution >= 4 is 49.4 Å². The van der Waals surface area contributed by atoms with Crippen LogP contribution >= 0.6 is 31.9 Å². The van der Waals surface area contributed by atoms with E-state index in [1.54, 1.807) is 24.5 Å². The van der Waals surface area contributed by atoms with E-state index in [9.17, 15) is 4.79 Å². The van der Waals surface area contributed by atoms with E-state index in [-0.39, 0.29) is 5.91 Å². The summed E-state index contributed by atoms with van der Waals surface area (Å²) in [5.74, 6) is 0.795. The number of aromatic nitrogens is 2. The van der Waals surface area contributed by atoms with E-state index in [4.69, 9.17) is 0 Å². The Kier molecular flexibility index (Phi) is 5.30. The van der Waals surface area contributed by atoms with Gasteiger partial charge in [-0.1, -0.05) is 0 Å². The molecule has 0 aromatic carbocycles. The number of carbonyl (C=O) groups is 1. The minimum absolute atomic E-state index is 0.256. The molecule has 2 N–H and O–H groups in total. The predicted molar refractivity (Wildman–Crippen MR) is 90.7 cm³/mol. The van der Waals surface area contributed by atoms with Crippen LogP contribution in [0.4, 0.5) is 11.6 Å². The molecular formula is C14H14Br2N4O.